The summed E-state index contributed by atoms with van der Waals surface area (Å²) in [5.41, 5.74) is 2.77. The third-order valence-corrected chi connectivity index (χ3v) is 1.73. The predicted molar refractivity (Wildman–Crippen MR) is 49.6 cm³/mol. The van der Waals surface area contributed by atoms with Crippen LogP contribution in [0.15, 0.2) is 25.0 Å². The number of aliphatic hydroxyl groups is 1. The smallest absolute Gasteiger partial charge is 0.0777 e. The number of aliphatic hydroxyl groups excluding tert-OH is 1. The first kappa shape index (κ1) is 8.94. The SMILES string of the molecule is C=C(C)c1cncc([C@H](C)O)c1. The molecule has 2 heteroatoms. The number of aromatic nitrogens is 1. The van der Waals surface area contributed by atoms with E-state index in [4.69, 9.17) is 0 Å². The Balaban J connectivity index is 3.04. The van der Waals surface area contributed by atoms with Crippen LogP contribution in [0.5, 0.6) is 0 Å². The van der Waals surface area contributed by atoms with Gasteiger partial charge < -0.3 is 5.11 Å². The molecule has 1 heterocycles. The van der Waals surface area contributed by atoms with Crippen molar-refractivity contribution >= 4 is 5.57 Å². The first-order valence-corrected chi connectivity index (χ1v) is 3.90. The summed E-state index contributed by atoms with van der Waals surface area (Å²) in [5.74, 6) is 0. The van der Waals surface area contributed by atoms with Crippen LogP contribution in [-0.4, -0.2) is 10.1 Å². The van der Waals surface area contributed by atoms with E-state index in [0.717, 1.165) is 16.7 Å². The lowest BCUT2D eigenvalue weighted by Crippen LogP contribution is -1.93. The fraction of sp³-hybridized carbons (Fsp3) is 0.300. The summed E-state index contributed by atoms with van der Waals surface area (Å²) in [6.45, 7) is 7.45. The van der Waals surface area contributed by atoms with Crippen LogP contribution < -0.4 is 0 Å². The maximum atomic E-state index is 9.26. The van der Waals surface area contributed by atoms with Crippen molar-refractivity contribution in [3.63, 3.8) is 0 Å². The van der Waals surface area contributed by atoms with Gasteiger partial charge in [0.25, 0.3) is 0 Å². The maximum absolute atomic E-state index is 9.26. The van der Waals surface area contributed by atoms with Gasteiger partial charge in [0.2, 0.25) is 0 Å². The van der Waals surface area contributed by atoms with E-state index in [0.29, 0.717) is 0 Å². The summed E-state index contributed by atoms with van der Waals surface area (Å²) in [6, 6.07) is 1.90. The molecule has 0 saturated heterocycles. The van der Waals surface area contributed by atoms with Gasteiger partial charge in [0.15, 0.2) is 0 Å². The molecular weight excluding hydrogens is 150 g/mol. The average Bonchev–Trinajstić information content (AvgIpc) is 2.04. The van der Waals surface area contributed by atoms with E-state index in [1.54, 1.807) is 19.3 Å². The van der Waals surface area contributed by atoms with Crippen molar-refractivity contribution in [1.82, 2.24) is 4.98 Å². The molecule has 0 fully saturated rings. The zero-order valence-corrected chi connectivity index (χ0v) is 7.41. The summed E-state index contributed by atoms with van der Waals surface area (Å²) in [5, 5.41) is 9.26. The van der Waals surface area contributed by atoms with E-state index in [-0.39, 0.29) is 0 Å². The molecule has 0 aliphatic rings. The molecule has 0 radical (unpaired) electrons. The maximum Gasteiger partial charge on any atom is 0.0777 e. The quantitative estimate of drug-likeness (QED) is 0.724. The van der Waals surface area contributed by atoms with Gasteiger partial charge in [-0.3, -0.25) is 4.98 Å². The minimum atomic E-state index is -0.461. The van der Waals surface area contributed by atoms with Crippen LogP contribution in [0, 0.1) is 0 Å². The second kappa shape index (κ2) is 3.50. The molecule has 0 aromatic carbocycles. The molecule has 2 nitrogen and oxygen atoms in total. The lowest BCUT2D eigenvalue weighted by molar-refractivity contribution is 0.199. The highest BCUT2D eigenvalue weighted by atomic mass is 16.3. The minimum absolute atomic E-state index is 0.461. The normalized spacial score (nSPS) is 12.6. The van der Waals surface area contributed by atoms with Crippen LogP contribution in [0.25, 0.3) is 5.57 Å². The molecule has 12 heavy (non-hydrogen) atoms. The van der Waals surface area contributed by atoms with Crippen LogP contribution in [0.4, 0.5) is 0 Å². The Hall–Kier alpha value is -1.15. The minimum Gasteiger partial charge on any atom is -0.389 e. The standard InChI is InChI=1S/C10H13NO/c1-7(2)9-4-10(8(3)12)6-11-5-9/h4-6,8,12H,1H2,2-3H3/t8-/m0/s1. The highest BCUT2D eigenvalue weighted by molar-refractivity contribution is 5.60. The topological polar surface area (TPSA) is 33.1 Å². The van der Waals surface area contributed by atoms with Crippen molar-refractivity contribution in [2.45, 2.75) is 20.0 Å². The summed E-state index contributed by atoms with van der Waals surface area (Å²) < 4.78 is 0. The van der Waals surface area contributed by atoms with Gasteiger partial charge >= 0.3 is 0 Å². The third kappa shape index (κ3) is 1.92. The Labute approximate surface area is 72.6 Å². The molecule has 1 atom stereocenters. The molecule has 1 aromatic rings. The zero-order chi connectivity index (χ0) is 9.14. The molecule has 0 unspecified atom stereocenters. The van der Waals surface area contributed by atoms with Crippen molar-refractivity contribution < 1.29 is 5.11 Å². The van der Waals surface area contributed by atoms with Crippen LogP contribution in [0.3, 0.4) is 0 Å². The second-order valence-electron chi connectivity index (χ2n) is 2.96. The monoisotopic (exact) mass is 163 g/mol. The van der Waals surface area contributed by atoms with Gasteiger partial charge in [-0.15, -0.1) is 0 Å². The van der Waals surface area contributed by atoms with Crippen LogP contribution >= 0.6 is 0 Å². The lowest BCUT2D eigenvalue weighted by atomic mass is 10.1. The van der Waals surface area contributed by atoms with Crippen molar-refractivity contribution in [2.24, 2.45) is 0 Å². The molecule has 0 aliphatic heterocycles. The molecule has 64 valence electrons. The Morgan fingerprint density at radius 2 is 2.25 bits per heavy atom. The zero-order valence-electron chi connectivity index (χ0n) is 7.41. The lowest BCUT2D eigenvalue weighted by Gasteiger charge is -2.05. The number of hydrogen-bond acceptors (Lipinski definition) is 2. The first-order valence-electron chi connectivity index (χ1n) is 3.90. The summed E-state index contributed by atoms with van der Waals surface area (Å²) in [4.78, 5) is 4.01. The number of hydrogen-bond donors (Lipinski definition) is 1. The van der Waals surface area contributed by atoms with Gasteiger partial charge in [0.1, 0.15) is 0 Å². The Kier molecular flexibility index (Phi) is 2.61. The molecule has 1 aromatic heterocycles. The van der Waals surface area contributed by atoms with Crippen LogP contribution in [0.1, 0.15) is 31.1 Å². The van der Waals surface area contributed by atoms with Crippen molar-refractivity contribution in [3.05, 3.63) is 36.2 Å². The van der Waals surface area contributed by atoms with Gasteiger partial charge in [0.05, 0.1) is 6.10 Å². The third-order valence-electron chi connectivity index (χ3n) is 1.73. The fourth-order valence-corrected chi connectivity index (χ4v) is 0.920. The number of pyridine rings is 1. The first-order chi connectivity index (χ1) is 5.61. The Bertz CT molecular complexity index is 292. The molecular formula is C10H13NO. The summed E-state index contributed by atoms with van der Waals surface area (Å²) >= 11 is 0. The van der Waals surface area contributed by atoms with E-state index in [2.05, 4.69) is 11.6 Å². The van der Waals surface area contributed by atoms with E-state index in [1.807, 2.05) is 13.0 Å². The molecule has 0 amide bonds. The van der Waals surface area contributed by atoms with Gasteiger partial charge in [-0.2, -0.15) is 0 Å². The summed E-state index contributed by atoms with van der Waals surface area (Å²) in [7, 11) is 0. The van der Waals surface area contributed by atoms with Gasteiger partial charge in [0, 0.05) is 12.4 Å². The van der Waals surface area contributed by atoms with Crippen molar-refractivity contribution in [2.75, 3.05) is 0 Å². The average molecular weight is 163 g/mol. The summed E-state index contributed by atoms with van der Waals surface area (Å²) in [6.07, 6.45) is 2.95. The van der Waals surface area contributed by atoms with Crippen molar-refractivity contribution in [3.8, 4) is 0 Å². The van der Waals surface area contributed by atoms with E-state index in [9.17, 15) is 5.11 Å². The fourth-order valence-electron chi connectivity index (χ4n) is 0.920. The van der Waals surface area contributed by atoms with Gasteiger partial charge in [-0.05, 0) is 36.6 Å². The molecule has 0 aliphatic carbocycles. The highest BCUT2D eigenvalue weighted by Crippen LogP contribution is 2.16. The molecule has 0 bridgehead atoms. The second-order valence-corrected chi connectivity index (χ2v) is 2.96. The Morgan fingerprint density at radius 1 is 1.58 bits per heavy atom. The Morgan fingerprint density at radius 3 is 2.75 bits per heavy atom. The molecule has 1 rings (SSSR count). The van der Waals surface area contributed by atoms with Gasteiger partial charge in [-0.1, -0.05) is 6.58 Å². The van der Waals surface area contributed by atoms with Crippen molar-refractivity contribution in [1.29, 1.82) is 0 Å². The van der Waals surface area contributed by atoms with Gasteiger partial charge in [-0.25, -0.2) is 0 Å². The molecule has 1 N–H and O–H groups in total. The highest BCUT2D eigenvalue weighted by Gasteiger charge is 2.01. The number of nitrogens with zero attached hydrogens (tertiary/aromatic N) is 1. The van der Waals surface area contributed by atoms with Crippen LogP contribution in [-0.2, 0) is 0 Å². The largest absolute Gasteiger partial charge is 0.389 e. The number of allylic oxidation sites excluding steroid dienone is 1. The molecule has 0 spiro atoms. The van der Waals surface area contributed by atoms with E-state index >= 15 is 0 Å². The number of rotatable bonds is 2. The van der Waals surface area contributed by atoms with E-state index in [1.165, 1.54) is 0 Å². The predicted octanol–water partition coefficient (Wildman–Crippen LogP) is 2.17. The van der Waals surface area contributed by atoms with E-state index < -0.39 is 6.10 Å². The molecule has 0 saturated carbocycles. The van der Waals surface area contributed by atoms with Crippen LogP contribution in [0.2, 0.25) is 0 Å².